The van der Waals surface area contributed by atoms with Crippen LogP contribution in [-0.2, 0) is 4.79 Å². The lowest BCUT2D eigenvalue weighted by molar-refractivity contribution is -0.127. The lowest BCUT2D eigenvalue weighted by atomic mass is 9.61. The zero-order chi connectivity index (χ0) is 15.8. The van der Waals surface area contributed by atoms with Crippen LogP contribution >= 0.6 is 15.9 Å². The van der Waals surface area contributed by atoms with Gasteiger partial charge in [0.25, 0.3) is 0 Å². The number of hydrogen-bond acceptors (Lipinski definition) is 3. The number of pyridine rings is 1. The fourth-order valence-electron chi connectivity index (χ4n) is 3.18. The van der Waals surface area contributed by atoms with E-state index >= 15 is 0 Å². The summed E-state index contributed by atoms with van der Waals surface area (Å²) in [7, 11) is 0. The zero-order valence-corrected chi connectivity index (χ0v) is 14.7. The first-order valence-corrected chi connectivity index (χ1v) is 8.21. The number of hydrogen-bond donors (Lipinski definition) is 2. The summed E-state index contributed by atoms with van der Waals surface area (Å²) in [4.78, 5) is 16.9. The molecule has 0 saturated heterocycles. The van der Waals surface area contributed by atoms with Gasteiger partial charge in [0.05, 0.1) is 11.9 Å². The van der Waals surface area contributed by atoms with Crippen LogP contribution in [-0.4, -0.2) is 16.9 Å². The predicted molar refractivity (Wildman–Crippen MR) is 88.9 cm³/mol. The highest BCUT2D eigenvalue weighted by atomic mass is 79.9. The summed E-state index contributed by atoms with van der Waals surface area (Å²) in [5.41, 5.74) is 7.82. The third-order valence-corrected chi connectivity index (χ3v) is 5.93. The Labute approximate surface area is 135 Å². The second-order valence-electron chi connectivity index (χ2n) is 6.72. The first-order valence-electron chi connectivity index (χ1n) is 7.42. The second-order valence-corrected chi connectivity index (χ2v) is 7.48. The van der Waals surface area contributed by atoms with Gasteiger partial charge in [0.1, 0.15) is 4.60 Å². The fraction of sp³-hybridized carbons (Fsp3) is 0.625. The van der Waals surface area contributed by atoms with Crippen molar-refractivity contribution in [2.75, 3.05) is 5.32 Å². The molecule has 21 heavy (non-hydrogen) atoms. The molecule has 1 amide bonds. The molecule has 1 fully saturated rings. The molecule has 0 radical (unpaired) electrons. The number of aromatic nitrogens is 1. The minimum Gasteiger partial charge on any atom is -0.327 e. The lowest BCUT2D eigenvalue weighted by Gasteiger charge is -2.46. The summed E-state index contributed by atoms with van der Waals surface area (Å²) < 4.78 is 0.804. The Morgan fingerprint density at radius 2 is 2.14 bits per heavy atom. The molecule has 4 nitrogen and oxygen atoms in total. The highest BCUT2D eigenvalue weighted by molar-refractivity contribution is 9.10. The molecule has 3 atom stereocenters. The molecule has 1 aliphatic carbocycles. The number of aryl methyl sites for hydroxylation is 1. The summed E-state index contributed by atoms with van der Waals surface area (Å²) in [5, 5.41) is 3.01. The number of rotatable bonds is 2. The predicted octanol–water partition coefficient (Wildman–Crippen LogP) is 3.49. The van der Waals surface area contributed by atoms with Crippen molar-refractivity contribution < 1.29 is 4.79 Å². The van der Waals surface area contributed by atoms with E-state index in [1.54, 1.807) is 6.20 Å². The second kappa shape index (κ2) is 6.05. The fourth-order valence-corrected chi connectivity index (χ4v) is 3.39. The Morgan fingerprint density at radius 1 is 1.48 bits per heavy atom. The van der Waals surface area contributed by atoms with Crippen LogP contribution in [0.1, 0.15) is 39.2 Å². The highest BCUT2D eigenvalue weighted by Crippen LogP contribution is 2.44. The Morgan fingerprint density at radius 3 is 2.76 bits per heavy atom. The molecule has 0 spiro atoms. The number of nitrogens with one attached hydrogen (secondary N) is 1. The van der Waals surface area contributed by atoms with E-state index in [4.69, 9.17) is 5.73 Å². The van der Waals surface area contributed by atoms with Gasteiger partial charge in [0.2, 0.25) is 5.91 Å². The molecule has 0 aromatic carbocycles. The Balaban J connectivity index is 2.14. The third-order valence-electron chi connectivity index (χ3n) is 5.10. The van der Waals surface area contributed by atoms with Gasteiger partial charge in [-0.15, -0.1) is 0 Å². The van der Waals surface area contributed by atoms with Crippen molar-refractivity contribution in [3.05, 3.63) is 22.4 Å². The molecular weight excluding hydrogens is 330 g/mol. The summed E-state index contributed by atoms with van der Waals surface area (Å²) in [6, 6.07) is 2.11. The SMILES string of the molecule is Cc1cc(NC(=O)C2CCC(N)C(C)C2(C)C)cnc1Br. The van der Waals surface area contributed by atoms with E-state index in [1.165, 1.54) is 0 Å². The normalized spacial score (nSPS) is 28.2. The lowest BCUT2D eigenvalue weighted by Crippen LogP contribution is -2.50. The summed E-state index contributed by atoms with van der Waals surface area (Å²) >= 11 is 3.37. The minimum atomic E-state index is -0.0976. The van der Waals surface area contributed by atoms with E-state index in [0.29, 0.717) is 5.92 Å². The first kappa shape index (κ1) is 16.4. The van der Waals surface area contributed by atoms with Crippen molar-refractivity contribution in [3.8, 4) is 0 Å². The van der Waals surface area contributed by atoms with Gasteiger partial charge in [-0.3, -0.25) is 4.79 Å². The number of anilines is 1. The van der Waals surface area contributed by atoms with Crippen LogP contribution in [0.4, 0.5) is 5.69 Å². The minimum absolute atomic E-state index is 0.0174. The molecule has 1 heterocycles. The van der Waals surface area contributed by atoms with Crippen molar-refractivity contribution in [2.45, 2.75) is 46.6 Å². The van der Waals surface area contributed by atoms with Gasteiger partial charge in [-0.05, 0) is 58.7 Å². The van der Waals surface area contributed by atoms with Crippen LogP contribution in [0.3, 0.4) is 0 Å². The van der Waals surface area contributed by atoms with E-state index < -0.39 is 0 Å². The van der Waals surface area contributed by atoms with E-state index in [0.717, 1.165) is 28.7 Å². The number of nitrogens with two attached hydrogens (primary N) is 1. The van der Waals surface area contributed by atoms with Gasteiger partial charge in [-0.2, -0.15) is 0 Å². The number of carbonyl (C=O) groups is 1. The summed E-state index contributed by atoms with van der Waals surface area (Å²) in [6.07, 6.45) is 3.42. The molecule has 3 unspecified atom stereocenters. The molecular formula is C16H24BrN3O. The standard InChI is InChI=1S/C16H24BrN3O/c1-9-7-11(8-19-14(9)17)20-15(21)12-5-6-13(18)10(2)16(12,3)4/h7-8,10,12-13H,5-6,18H2,1-4H3,(H,20,21). The van der Waals surface area contributed by atoms with Crippen molar-refractivity contribution in [2.24, 2.45) is 23.0 Å². The van der Waals surface area contributed by atoms with Crippen LogP contribution in [0.15, 0.2) is 16.9 Å². The Hall–Kier alpha value is -0.940. The van der Waals surface area contributed by atoms with Crippen LogP contribution in [0.5, 0.6) is 0 Å². The smallest absolute Gasteiger partial charge is 0.228 e. The largest absolute Gasteiger partial charge is 0.327 e. The Kier molecular flexibility index (Phi) is 4.73. The van der Waals surface area contributed by atoms with E-state index in [-0.39, 0.29) is 23.3 Å². The number of carbonyl (C=O) groups excluding carboxylic acids is 1. The maximum absolute atomic E-state index is 12.6. The number of halogens is 1. The topological polar surface area (TPSA) is 68.0 Å². The van der Waals surface area contributed by atoms with Crippen molar-refractivity contribution in [1.29, 1.82) is 0 Å². The first-order chi connectivity index (χ1) is 9.73. The molecule has 1 aliphatic rings. The van der Waals surface area contributed by atoms with Crippen molar-refractivity contribution >= 4 is 27.5 Å². The molecule has 0 aliphatic heterocycles. The molecule has 1 saturated carbocycles. The van der Waals surface area contributed by atoms with Crippen LogP contribution < -0.4 is 11.1 Å². The van der Waals surface area contributed by atoms with Gasteiger partial charge in [-0.1, -0.05) is 20.8 Å². The van der Waals surface area contributed by atoms with Crippen molar-refractivity contribution in [3.63, 3.8) is 0 Å². The molecule has 1 aromatic rings. The van der Waals surface area contributed by atoms with Crippen LogP contribution in [0.25, 0.3) is 0 Å². The van der Waals surface area contributed by atoms with Gasteiger partial charge in [0.15, 0.2) is 0 Å². The molecule has 0 bridgehead atoms. The van der Waals surface area contributed by atoms with Crippen LogP contribution in [0.2, 0.25) is 0 Å². The van der Waals surface area contributed by atoms with Gasteiger partial charge >= 0.3 is 0 Å². The maximum Gasteiger partial charge on any atom is 0.228 e. The Bertz CT molecular complexity index is 544. The molecule has 116 valence electrons. The summed E-state index contributed by atoms with van der Waals surface area (Å²) in [5.74, 6) is 0.380. The number of amides is 1. The average Bonchev–Trinajstić information content (AvgIpc) is 2.40. The highest BCUT2D eigenvalue weighted by Gasteiger charge is 2.44. The van der Waals surface area contributed by atoms with Crippen molar-refractivity contribution in [1.82, 2.24) is 4.98 Å². The molecule has 1 aromatic heterocycles. The maximum atomic E-state index is 12.6. The van der Waals surface area contributed by atoms with Gasteiger partial charge < -0.3 is 11.1 Å². The van der Waals surface area contributed by atoms with E-state index in [1.807, 2.05) is 13.0 Å². The third kappa shape index (κ3) is 3.29. The quantitative estimate of drug-likeness (QED) is 0.799. The van der Waals surface area contributed by atoms with E-state index in [9.17, 15) is 4.79 Å². The van der Waals surface area contributed by atoms with Gasteiger partial charge in [-0.25, -0.2) is 4.98 Å². The van der Waals surface area contributed by atoms with Gasteiger partial charge in [0, 0.05) is 12.0 Å². The van der Waals surface area contributed by atoms with Crippen LogP contribution in [0, 0.1) is 24.2 Å². The zero-order valence-electron chi connectivity index (χ0n) is 13.1. The molecule has 2 rings (SSSR count). The monoisotopic (exact) mass is 353 g/mol. The molecule has 5 heteroatoms. The number of nitrogens with zero attached hydrogens (tertiary/aromatic N) is 1. The average molecular weight is 354 g/mol. The molecule has 3 N–H and O–H groups in total. The summed E-state index contributed by atoms with van der Waals surface area (Å²) in [6.45, 7) is 8.39. The van der Waals surface area contributed by atoms with E-state index in [2.05, 4.69) is 47.0 Å².